The third-order valence-corrected chi connectivity index (χ3v) is 3.45. The maximum Gasteiger partial charge on any atom is 0.122 e. The number of hydrogen-bond acceptors (Lipinski definition) is 2. The standard InChI is InChI=1S/C16H23N3/c1-4-19-11-10-17-15(19)12-18-16(13(2)3)14-8-6-5-7-9-14/h5-11,13,16,18H,4,12H2,1-3H3. The molecule has 0 aliphatic carbocycles. The van der Waals surface area contributed by atoms with E-state index >= 15 is 0 Å². The van der Waals surface area contributed by atoms with Crippen molar-refractivity contribution in [2.45, 2.75) is 39.9 Å². The highest BCUT2D eigenvalue weighted by Gasteiger charge is 2.15. The molecule has 1 N–H and O–H groups in total. The molecule has 102 valence electrons. The lowest BCUT2D eigenvalue weighted by molar-refractivity contribution is 0.402. The van der Waals surface area contributed by atoms with Gasteiger partial charge in [-0.2, -0.15) is 0 Å². The molecule has 1 heterocycles. The first-order valence-corrected chi connectivity index (χ1v) is 7.00. The van der Waals surface area contributed by atoms with Gasteiger partial charge in [-0.15, -0.1) is 0 Å². The molecule has 0 bridgehead atoms. The lowest BCUT2D eigenvalue weighted by Gasteiger charge is -2.23. The fourth-order valence-electron chi connectivity index (χ4n) is 2.40. The number of aryl methyl sites for hydroxylation is 1. The van der Waals surface area contributed by atoms with E-state index in [0.717, 1.165) is 18.9 Å². The molecule has 3 heteroatoms. The highest BCUT2D eigenvalue weighted by molar-refractivity contribution is 5.19. The first-order chi connectivity index (χ1) is 9.22. The summed E-state index contributed by atoms with van der Waals surface area (Å²) in [6.45, 7) is 8.41. The van der Waals surface area contributed by atoms with Crippen molar-refractivity contribution in [1.82, 2.24) is 14.9 Å². The zero-order chi connectivity index (χ0) is 13.7. The monoisotopic (exact) mass is 257 g/mol. The van der Waals surface area contributed by atoms with Crippen LogP contribution in [0.1, 0.15) is 38.2 Å². The van der Waals surface area contributed by atoms with Crippen molar-refractivity contribution in [3.8, 4) is 0 Å². The molecule has 1 aromatic carbocycles. The average Bonchev–Trinajstić information content (AvgIpc) is 2.87. The van der Waals surface area contributed by atoms with Crippen LogP contribution in [0.5, 0.6) is 0 Å². The zero-order valence-corrected chi connectivity index (χ0v) is 12.0. The summed E-state index contributed by atoms with van der Waals surface area (Å²) in [5.74, 6) is 1.65. The van der Waals surface area contributed by atoms with Crippen molar-refractivity contribution in [2.24, 2.45) is 5.92 Å². The Balaban J connectivity index is 2.06. The third-order valence-electron chi connectivity index (χ3n) is 3.45. The fraction of sp³-hybridized carbons (Fsp3) is 0.438. The summed E-state index contributed by atoms with van der Waals surface area (Å²) < 4.78 is 2.18. The van der Waals surface area contributed by atoms with Gasteiger partial charge in [0.05, 0.1) is 6.54 Å². The molecule has 0 amide bonds. The molecule has 2 aromatic rings. The molecule has 0 radical (unpaired) electrons. The minimum Gasteiger partial charge on any atom is -0.334 e. The van der Waals surface area contributed by atoms with Gasteiger partial charge in [0.15, 0.2) is 0 Å². The predicted octanol–water partition coefficient (Wildman–Crippen LogP) is 3.39. The van der Waals surface area contributed by atoms with E-state index in [2.05, 4.69) is 66.0 Å². The minimum absolute atomic E-state index is 0.364. The van der Waals surface area contributed by atoms with Gasteiger partial charge < -0.3 is 9.88 Å². The summed E-state index contributed by atoms with van der Waals surface area (Å²) in [6, 6.07) is 11.0. The average molecular weight is 257 g/mol. The quantitative estimate of drug-likeness (QED) is 0.859. The Hall–Kier alpha value is -1.61. The van der Waals surface area contributed by atoms with Gasteiger partial charge >= 0.3 is 0 Å². The van der Waals surface area contributed by atoms with Crippen LogP contribution in [0.4, 0.5) is 0 Å². The Morgan fingerprint density at radius 2 is 1.95 bits per heavy atom. The maximum absolute atomic E-state index is 4.41. The van der Waals surface area contributed by atoms with Crippen molar-refractivity contribution in [1.29, 1.82) is 0 Å². The van der Waals surface area contributed by atoms with Crippen LogP contribution in [0.25, 0.3) is 0 Å². The Labute approximate surface area is 115 Å². The number of nitrogens with one attached hydrogen (secondary N) is 1. The van der Waals surface area contributed by atoms with E-state index in [-0.39, 0.29) is 0 Å². The Kier molecular flexibility index (Phi) is 4.74. The number of aromatic nitrogens is 2. The van der Waals surface area contributed by atoms with Crippen LogP contribution in [0.15, 0.2) is 42.7 Å². The van der Waals surface area contributed by atoms with E-state index < -0.39 is 0 Å². The molecule has 0 saturated carbocycles. The smallest absolute Gasteiger partial charge is 0.122 e. The predicted molar refractivity (Wildman–Crippen MR) is 78.8 cm³/mol. The number of benzene rings is 1. The molecule has 1 atom stereocenters. The summed E-state index contributed by atoms with van der Waals surface area (Å²) in [4.78, 5) is 4.41. The van der Waals surface area contributed by atoms with E-state index in [1.165, 1.54) is 5.56 Å². The van der Waals surface area contributed by atoms with Crippen LogP contribution in [-0.2, 0) is 13.1 Å². The van der Waals surface area contributed by atoms with Gasteiger partial charge in [0.2, 0.25) is 0 Å². The van der Waals surface area contributed by atoms with Crippen molar-refractivity contribution in [3.63, 3.8) is 0 Å². The van der Waals surface area contributed by atoms with Gasteiger partial charge in [0.25, 0.3) is 0 Å². The number of imidazole rings is 1. The van der Waals surface area contributed by atoms with Crippen molar-refractivity contribution >= 4 is 0 Å². The first kappa shape index (κ1) is 13.8. The highest BCUT2D eigenvalue weighted by Crippen LogP contribution is 2.21. The van der Waals surface area contributed by atoms with Crippen LogP contribution in [0.2, 0.25) is 0 Å². The molecule has 3 nitrogen and oxygen atoms in total. The second-order valence-electron chi connectivity index (χ2n) is 5.14. The lowest BCUT2D eigenvalue weighted by atomic mass is 9.96. The number of hydrogen-bond donors (Lipinski definition) is 1. The Bertz CT molecular complexity index is 488. The minimum atomic E-state index is 0.364. The maximum atomic E-state index is 4.41. The molecule has 0 saturated heterocycles. The third kappa shape index (κ3) is 3.44. The molecule has 0 spiro atoms. The van der Waals surface area contributed by atoms with Crippen LogP contribution in [-0.4, -0.2) is 9.55 Å². The number of rotatable bonds is 6. The molecule has 2 rings (SSSR count). The zero-order valence-electron chi connectivity index (χ0n) is 12.0. The van der Waals surface area contributed by atoms with Gasteiger partial charge in [-0.1, -0.05) is 44.2 Å². The van der Waals surface area contributed by atoms with E-state index in [9.17, 15) is 0 Å². The molecule has 0 aliphatic heterocycles. The SMILES string of the molecule is CCn1ccnc1CNC(c1ccccc1)C(C)C. The van der Waals surface area contributed by atoms with Crippen LogP contribution in [0, 0.1) is 5.92 Å². The Morgan fingerprint density at radius 3 is 2.58 bits per heavy atom. The Morgan fingerprint density at radius 1 is 1.21 bits per heavy atom. The van der Waals surface area contributed by atoms with Crippen LogP contribution < -0.4 is 5.32 Å². The van der Waals surface area contributed by atoms with E-state index in [4.69, 9.17) is 0 Å². The van der Waals surface area contributed by atoms with Gasteiger partial charge in [-0.25, -0.2) is 4.98 Å². The van der Waals surface area contributed by atoms with E-state index in [1.54, 1.807) is 0 Å². The second kappa shape index (κ2) is 6.53. The van der Waals surface area contributed by atoms with Gasteiger partial charge in [0.1, 0.15) is 5.82 Å². The topological polar surface area (TPSA) is 29.9 Å². The molecular weight excluding hydrogens is 234 g/mol. The molecular formula is C16H23N3. The second-order valence-corrected chi connectivity index (χ2v) is 5.14. The molecule has 19 heavy (non-hydrogen) atoms. The van der Waals surface area contributed by atoms with Gasteiger partial charge in [0, 0.05) is 25.0 Å². The molecule has 1 unspecified atom stereocenters. The van der Waals surface area contributed by atoms with Gasteiger partial charge in [-0.3, -0.25) is 0 Å². The summed E-state index contributed by atoms with van der Waals surface area (Å²) in [5, 5.41) is 3.63. The largest absolute Gasteiger partial charge is 0.334 e. The van der Waals surface area contributed by atoms with E-state index in [1.807, 2.05) is 12.4 Å². The van der Waals surface area contributed by atoms with Crippen LogP contribution in [0.3, 0.4) is 0 Å². The highest BCUT2D eigenvalue weighted by atomic mass is 15.1. The summed E-state index contributed by atoms with van der Waals surface area (Å²) in [6.07, 6.45) is 3.90. The summed E-state index contributed by atoms with van der Waals surface area (Å²) >= 11 is 0. The molecule has 1 aromatic heterocycles. The van der Waals surface area contributed by atoms with Crippen LogP contribution >= 0.6 is 0 Å². The molecule has 0 aliphatic rings. The van der Waals surface area contributed by atoms with Crippen molar-refractivity contribution in [2.75, 3.05) is 0 Å². The normalized spacial score (nSPS) is 12.8. The lowest BCUT2D eigenvalue weighted by Crippen LogP contribution is -2.26. The first-order valence-electron chi connectivity index (χ1n) is 7.00. The summed E-state index contributed by atoms with van der Waals surface area (Å²) in [7, 11) is 0. The summed E-state index contributed by atoms with van der Waals surface area (Å²) in [5.41, 5.74) is 1.34. The van der Waals surface area contributed by atoms with Crippen molar-refractivity contribution in [3.05, 3.63) is 54.1 Å². The fourth-order valence-corrected chi connectivity index (χ4v) is 2.40. The molecule has 0 fully saturated rings. The van der Waals surface area contributed by atoms with Crippen molar-refractivity contribution < 1.29 is 0 Å². The number of nitrogens with zero attached hydrogens (tertiary/aromatic N) is 2. The van der Waals surface area contributed by atoms with E-state index in [0.29, 0.717) is 12.0 Å². The van der Waals surface area contributed by atoms with Gasteiger partial charge in [-0.05, 0) is 18.4 Å².